The van der Waals surface area contributed by atoms with Crippen molar-refractivity contribution in [2.75, 3.05) is 5.32 Å². The summed E-state index contributed by atoms with van der Waals surface area (Å²) in [7, 11) is 0. The number of hydrogen-bond acceptors (Lipinski definition) is 6. The highest BCUT2D eigenvalue weighted by atomic mass is 32.1. The lowest BCUT2D eigenvalue weighted by atomic mass is 10.1. The number of fused-ring (bicyclic) bond motifs is 1. The summed E-state index contributed by atoms with van der Waals surface area (Å²) in [5.41, 5.74) is 4.16. The molecule has 0 fully saturated rings. The Kier molecular flexibility index (Phi) is 4.68. The predicted molar refractivity (Wildman–Crippen MR) is 118 cm³/mol. The quantitative estimate of drug-likeness (QED) is 0.430. The first-order valence-corrected chi connectivity index (χ1v) is 10.2. The summed E-state index contributed by atoms with van der Waals surface area (Å²) in [4.78, 5) is 19.1. The maximum absolute atomic E-state index is 4.85. The Morgan fingerprint density at radius 3 is 2.45 bits per heavy atom. The number of hydrogen-bond donors (Lipinski definition) is 1. The Balaban J connectivity index is 1.64. The Morgan fingerprint density at radius 2 is 1.66 bits per heavy atom. The van der Waals surface area contributed by atoms with Gasteiger partial charge < -0.3 is 5.32 Å². The van der Waals surface area contributed by atoms with E-state index in [0.29, 0.717) is 12.4 Å². The largest absolute Gasteiger partial charge is 0.365 e. The fourth-order valence-electron chi connectivity index (χ4n) is 3.20. The minimum atomic E-state index is 0.622. The van der Waals surface area contributed by atoms with Gasteiger partial charge in [0.1, 0.15) is 16.3 Å². The van der Waals surface area contributed by atoms with Crippen molar-refractivity contribution < 1.29 is 0 Å². The molecule has 1 N–H and O–H groups in total. The molecule has 6 heteroatoms. The van der Waals surface area contributed by atoms with Crippen LogP contribution in [-0.4, -0.2) is 19.9 Å². The lowest BCUT2D eigenvalue weighted by Gasteiger charge is -2.11. The van der Waals surface area contributed by atoms with Crippen LogP contribution in [0, 0.1) is 0 Å². The van der Waals surface area contributed by atoms with Gasteiger partial charge in [-0.25, -0.2) is 9.97 Å². The summed E-state index contributed by atoms with van der Waals surface area (Å²) in [5.74, 6) is 1.43. The van der Waals surface area contributed by atoms with E-state index in [4.69, 9.17) is 9.97 Å². The second-order valence-corrected chi connectivity index (χ2v) is 7.37. The lowest BCUT2D eigenvalue weighted by Crippen LogP contribution is -2.04. The van der Waals surface area contributed by atoms with Crippen LogP contribution in [0.15, 0.2) is 84.6 Å². The molecule has 5 rings (SSSR count). The molecule has 0 atom stereocenters. The monoisotopic (exact) mass is 395 g/mol. The highest BCUT2D eigenvalue weighted by Gasteiger charge is 2.16. The van der Waals surface area contributed by atoms with E-state index in [1.54, 1.807) is 29.9 Å². The van der Waals surface area contributed by atoms with Gasteiger partial charge in [0.05, 0.1) is 5.39 Å². The Labute approximate surface area is 172 Å². The summed E-state index contributed by atoms with van der Waals surface area (Å²) < 4.78 is 0. The Morgan fingerprint density at radius 1 is 0.828 bits per heavy atom. The van der Waals surface area contributed by atoms with Crippen molar-refractivity contribution in [1.82, 2.24) is 19.9 Å². The maximum atomic E-state index is 4.85. The molecule has 0 aliphatic carbocycles. The minimum Gasteiger partial charge on any atom is -0.365 e. The average molecular weight is 395 g/mol. The molecule has 29 heavy (non-hydrogen) atoms. The van der Waals surface area contributed by atoms with Crippen molar-refractivity contribution >= 4 is 27.4 Å². The molecule has 0 aliphatic heterocycles. The van der Waals surface area contributed by atoms with Gasteiger partial charge in [0.25, 0.3) is 0 Å². The molecule has 4 aromatic heterocycles. The van der Waals surface area contributed by atoms with E-state index in [1.165, 1.54) is 5.56 Å². The van der Waals surface area contributed by atoms with Crippen LogP contribution in [0.2, 0.25) is 0 Å². The van der Waals surface area contributed by atoms with Crippen molar-refractivity contribution in [3.8, 4) is 22.6 Å². The van der Waals surface area contributed by atoms with Gasteiger partial charge in [-0.05, 0) is 35.4 Å². The normalized spacial score (nSPS) is 10.9. The maximum Gasteiger partial charge on any atom is 0.181 e. The third-order valence-corrected chi connectivity index (χ3v) is 5.49. The molecule has 140 valence electrons. The van der Waals surface area contributed by atoms with E-state index >= 15 is 0 Å². The highest BCUT2D eigenvalue weighted by molar-refractivity contribution is 7.17. The van der Waals surface area contributed by atoms with E-state index in [2.05, 4.69) is 32.8 Å². The zero-order valence-corrected chi connectivity index (χ0v) is 16.3. The Hall–Kier alpha value is -3.64. The molecule has 0 radical (unpaired) electrons. The standard InChI is InChI=1S/C23H17N5S/c1-2-6-16(7-3-1)14-26-22-20-18(17-9-12-24-13-10-17)15-29-23(20)28-21(27-22)19-8-4-5-11-25-19/h1-13,15H,14H2,(H,26,27,28). The molecule has 0 spiro atoms. The second-order valence-electron chi connectivity index (χ2n) is 6.52. The highest BCUT2D eigenvalue weighted by Crippen LogP contribution is 2.37. The average Bonchev–Trinajstić information content (AvgIpc) is 3.24. The second kappa shape index (κ2) is 7.77. The van der Waals surface area contributed by atoms with E-state index in [-0.39, 0.29) is 0 Å². The topological polar surface area (TPSA) is 63.6 Å². The molecule has 0 saturated heterocycles. The third kappa shape index (κ3) is 3.58. The van der Waals surface area contributed by atoms with Crippen molar-refractivity contribution in [2.24, 2.45) is 0 Å². The van der Waals surface area contributed by atoms with Crippen molar-refractivity contribution in [1.29, 1.82) is 0 Å². The van der Waals surface area contributed by atoms with Gasteiger partial charge in [0.15, 0.2) is 5.82 Å². The first-order valence-electron chi connectivity index (χ1n) is 9.27. The first kappa shape index (κ1) is 17.5. The number of benzene rings is 1. The van der Waals surface area contributed by atoms with Crippen LogP contribution in [0.5, 0.6) is 0 Å². The number of thiophene rings is 1. The van der Waals surface area contributed by atoms with Crippen molar-refractivity contribution in [2.45, 2.75) is 6.54 Å². The van der Waals surface area contributed by atoms with E-state index in [0.717, 1.165) is 32.9 Å². The minimum absolute atomic E-state index is 0.622. The molecule has 0 unspecified atom stereocenters. The van der Waals surface area contributed by atoms with Gasteiger partial charge in [-0.3, -0.25) is 9.97 Å². The molecule has 0 amide bonds. The fourth-order valence-corrected chi connectivity index (χ4v) is 4.15. The van der Waals surface area contributed by atoms with Crippen LogP contribution in [0.25, 0.3) is 32.9 Å². The van der Waals surface area contributed by atoms with Crippen LogP contribution < -0.4 is 5.32 Å². The van der Waals surface area contributed by atoms with Crippen molar-refractivity contribution in [3.63, 3.8) is 0 Å². The number of aromatic nitrogens is 4. The van der Waals surface area contributed by atoms with Gasteiger partial charge in [0, 0.05) is 36.1 Å². The predicted octanol–water partition coefficient (Wildman–Crippen LogP) is 5.43. The molecular formula is C23H17N5S. The molecule has 0 saturated carbocycles. The Bertz CT molecular complexity index is 1240. The van der Waals surface area contributed by atoms with Gasteiger partial charge in [0.2, 0.25) is 0 Å². The molecular weight excluding hydrogens is 378 g/mol. The molecule has 1 aromatic carbocycles. The van der Waals surface area contributed by atoms with Crippen molar-refractivity contribution in [3.05, 3.63) is 90.2 Å². The number of rotatable bonds is 5. The zero-order valence-electron chi connectivity index (χ0n) is 15.5. The smallest absolute Gasteiger partial charge is 0.181 e. The van der Waals surface area contributed by atoms with Gasteiger partial charge >= 0.3 is 0 Å². The van der Waals surface area contributed by atoms with Crippen LogP contribution in [0.4, 0.5) is 5.82 Å². The third-order valence-electron chi connectivity index (χ3n) is 4.62. The van der Waals surface area contributed by atoms with Gasteiger partial charge in [-0.15, -0.1) is 11.3 Å². The number of nitrogens with zero attached hydrogens (tertiary/aromatic N) is 4. The van der Waals surface area contributed by atoms with Crippen LogP contribution in [0.3, 0.4) is 0 Å². The van der Waals surface area contributed by atoms with Gasteiger partial charge in [-0.2, -0.15) is 0 Å². The molecule has 5 nitrogen and oxygen atoms in total. The number of nitrogens with one attached hydrogen (secondary N) is 1. The van der Waals surface area contributed by atoms with E-state index in [9.17, 15) is 0 Å². The summed E-state index contributed by atoms with van der Waals surface area (Å²) in [6.45, 7) is 0.681. The summed E-state index contributed by atoms with van der Waals surface area (Å²) in [6.07, 6.45) is 5.37. The summed E-state index contributed by atoms with van der Waals surface area (Å²) in [5, 5.41) is 6.68. The van der Waals surface area contributed by atoms with Crippen LogP contribution in [-0.2, 0) is 6.54 Å². The zero-order chi connectivity index (χ0) is 19.5. The lowest BCUT2D eigenvalue weighted by molar-refractivity contribution is 1.10. The molecule has 4 heterocycles. The van der Waals surface area contributed by atoms with E-state index < -0.39 is 0 Å². The van der Waals surface area contributed by atoms with Crippen LogP contribution in [0.1, 0.15) is 5.56 Å². The number of pyridine rings is 2. The molecule has 5 aromatic rings. The molecule has 0 bridgehead atoms. The summed E-state index contributed by atoms with van der Waals surface area (Å²) in [6, 6.07) is 20.1. The van der Waals surface area contributed by atoms with Gasteiger partial charge in [-0.1, -0.05) is 36.4 Å². The fraction of sp³-hybridized carbons (Fsp3) is 0.0435. The van der Waals surface area contributed by atoms with Crippen LogP contribution >= 0.6 is 11.3 Å². The SMILES string of the molecule is c1ccc(CNc2nc(-c3ccccn3)nc3scc(-c4ccncc4)c23)cc1. The first-order chi connectivity index (χ1) is 14.4. The summed E-state index contributed by atoms with van der Waals surface area (Å²) >= 11 is 1.61. The number of anilines is 1. The van der Waals surface area contributed by atoms with E-state index in [1.807, 2.05) is 48.5 Å². The molecule has 0 aliphatic rings.